The number of aromatic nitrogens is 2. The zero-order valence-electron chi connectivity index (χ0n) is 16.9. The number of nitrogens with one attached hydrogen (secondary N) is 2. The zero-order chi connectivity index (χ0) is 21.0. The summed E-state index contributed by atoms with van der Waals surface area (Å²) in [5, 5.41) is 11.9. The molecule has 0 radical (unpaired) electrons. The fourth-order valence-electron chi connectivity index (χ4n) is 3.10. The number of carbonyl (C=O) groups is 1. The highest BCUT2D eigenvalue weighted by atomic mass is 32.1. The number of hydrogen-bond donors (Lipinski definition) is 2. The van der Waals surface area contributed by atoms with Crippen molar-refractivity contribution in [2.24, 2.45) is 0 Å². The van der Waals surface area contributed by atoms with Crippen molar-refractivity contribution in [3.05, 3.63) is 58.2 Å². The number of thiophene rings is 1. The van der Waals surface area contributed by atoms with Gasteiger partial charge in [-0.05, 0) is 38.6 Å². The number of ether oxygens (including phenoxy) is 1. The molecular weight excluding hydrogens is 404 g/mol. The Morgan fingerprint density at radius 3 is 2.62 bits per heavy atom. The minimum Gasteiger partial charge on any atom is -0.465 e. The quantitative estimate of drug-likeness (QED) is 0.444. The first kappa shape index (κ1) is 21.0. The van der Waals surface area contributed by atoms with Crippen LogP contribution in [0.2, 0.25) is 0 Å². The Labute approximate surface area is 179 Å². The Hall–Kier alpha value is -2.71. The van der Waals surface area contributed by atoms with Gasteiger partial charge in [0.2, 0.25) is 0 Å². The van der Waals surface area contributed by atoms with E-state index in [1.54, 1.807) is 0 Å². The van der Waals surface area contributed by atoms with E-state index >= 15 is 0 Å². The largest absolute Gasteiger partial charge is 0.465 e. The Bertz CT molecular complexity index is 1020. The molecule has 0 amide bonds. The number of anilines is 1. The van der Waals surface area contributed by atoms with Crippen LogP contribution in [0.15, 0.2) is 36.5 Å². The highest BCUT2D eigenvalue weighted by molar-refractivity contribution is 7.80. The van der Waals surface area contributed by atoms with Crippen LogP contribution < -0.4 is 10.6 Å². The number of thiocarbonyl (C=S) groups is 1. The molecule has 0 saturated heterocycles. The number of rotatable bonds is 6. The van der Waals surface area contributed by atoms with Crippen LogP contribution >= 0.6 is 23.6 Å². The number of hydrogen-bond acceptors (Lipinski definition) is 5. The SMILES string of the molecule is CCn1cc(CNC(=S)Nc2sc(C)c(-c3ccccc3)c2C(=O)OC)c(C)n1. The first-order valence-corrected chi connectivity index (χ1v) is 10.5. The summed E-state index contributed by atoms with van der Waals surface area (Å²) in [6.07, 6.45) is 2.01. The lowest BCUT2D eigenvalue weighted by atomic mass is 10.0. The van der Waals surface area contributed by atoms with E-state index in [0.29, 0.717) is 22.2 Å². The van der Waals surface area contributed by atoms with Gasteiger partial charge in [0, 0.05) is 35.3 Å². The van der Waals surface area contributed by atoms with Crippen LogP contribution in [0.5, 0.6) is 0 Å². The maximum Gasteiger partial charge on any atom is 0.341 e. The van der Waals surface area contributed by atoms with E-state index in [9.17, 15) is 4.79 Å². The second-order valence-corrected chi connectivity index (χ2v) is 8.13. The van der Waals surface area contributed by atoms with Gasteiger partial charge in [-0.3, -0.25) is 4.68 Å². The number of carbonyl (C=O) groups excluding carboxylic acids is 1. The predicted octanol–water partition coefficient (Wildman–Crippen LogP) is 4.52. The molecule has 2 heterocycles. The molecular formula is C21H24N4O2S2. The minimum atomic E-state index is -0.390. The van der Waals surface area contributed by atoms with Crippen molar-refractivity contribution in [2.45, 2.75) is 33.9 Å². The van der Waals surface area contributed by atoms with E-state index < -0.39 is 5.97 Å². The van der Waals surface area contributed by atoms with Gasteiger partial charge in [-0.1, -0.05) is 30.3 Å². The molecule has 2 aromatic heterocycles. The molecule has 1 aromatic carbocycles. The molecule has 29 heavy (non-hydrogen) atoms. The van der Waals surface area contributed by atoms with Crippen molar-refractivity contribution in [2.75, 3.05) is 12.4 Å². The molecule has 0 aliphatic rings. The van der Waals surface area contributed by atoms with Gasteiger partial charge in [0.15, 0.2) is 5.11 Å². The van der Waals surface area contributed by atoms with Crippen LogP contribution in [0, 0.1) is 13.8 Å². The number of benzene rings is 1. The van der Waals surface area contributed by atoms with Gasteiger partial charge in [-0.15, -0.1) is 11.3 Å². The highest BCUT2D eigenvalue weighted by Crippen LogP contribution is 2.40. The summed E-state index contributed by atoms with van der Waals surface area (Å²) in [5.41, 5.74) is 4.39. The Kier molecular flexibility index (Phi) is 6.66. The van der Waals surface area contributed by atoms with E-state index in [4.69, 9.17) is 17.0 Å². The lowest BCUT2D eigenvalue weighted by Gasteiger charge is -2.11. The summed E-state index contributed by atoms with van der Waals surface area (Å²) in [5.74, 6) is -0.390. The van der Waals surface area contributed by atoms with Crippen molar-refractivity contribution < 1.29 is 9.53 Å². The third-order valence-electron chi connectivity index (χ3n) is 4.57. The van der Waals surface area contributed by atoms with Crippen LogP contribution in [-0.2, 0) is 17.8 Å². The summed E-state index contributed by atoms with van der Waals surface area (Å²) in [4.78, 5) is 13.6. The maximum absolute atomic E-state index is 12.6. The van der Waals surface area contributed by atoms with E-state index in [1.807, 2.05) is 62.0 Å². The molecule has 0 spiro atoms. The first-order valence-electron chi connectivity index (χ1n) is 9.29. The van der Waals surface area contributed by atoms with E-state index in [2.05, 4.69) is 15.7 Å². The molecule has 0 unspecified atom stereocenters. The van der Waals surface area contributed by atoms with Gasteiger partial charge in [-0.25, -0.2) is 4.79 Å². The Morgan fingerprint density at radius 2 is 2.00 bits per heavy atom. The minimum absolute atomic E-state index is 0.390. The lowest BCUT2D eigenvalue weighted by molar-refractivity contribution is 0.0603. The van der Waals surface area contributed by atoms with Gasteiger partial charge in [0.1, 0.15) is 10.6 Å². The number of esters is 1. The van der Waals surface area contributed by atoms with Gasteiger partial charge in [0.25, 0.3) is 0 Å². The van der Waals surface area contributed by atoms with Crippen LogP contribution in [0.1, 0.15) is 33.4 Å². The fourth-order valence-corrected chi connectivity index (χ4v) is 4.41. The van der Waals surface area contributed by atoms with Gasteiger partial charge in [0.05, 0.1) is 12.8 Å². The molecule has 3 aromatic rings. The average molecular weight is 429 g/mol. The smallest absolute Gasteiger partial charge is 0.341 e. The molecule has 8 heteroatoms. The van der Waals surface area contributed by atoms with Crippen molar-refractivity contribution in [1.82, 2.24) is 15.1 Å². The van der Waals surface area contributed by atoms with Gasteiger partial charge < -0.3 is 15.4 Å². The second-order valence-electron chi connectivity index (χ2n) is 6.50. The average Bonchev–Trinajstić information content (AvgIpc) is 3.25. The number of aryl methyl sites for hydroxylation is 3. The summed E-state index contributed by atoms with van der Waals surface area (Å²) >= 11 is 6.95. The Morgan fingerprint density at radius 1 is 1.28 bits per heavy atom. The first-order chi connectivity index (χ1) is 13.9. The van der Waals surface area contributed by atoms with Crippen molar-refractivity contribution in [3.8, 4) is 11.1 Å². The predicted molar refractivity (Wildman–Crippen MR) is 122 cm³/mol. The second kappa shape index (κ2) is 9.19. The third-order valence-corrected chi connectivity index (χ3v) is 5.84. The fraction of sp³-hybridized carbons (Fsp3) is 0.286. The number of methoxy groups -OCH3 is 1. The molecule has 0 bridgehead atoms. The molecule has 2 N–H and O–H groups in total. The van der Waals surface area contributed by atoms with Crippen LogP contribution in [0.4, 0.5) is 5.00 Å². The summed E-state index contributed by atoms with van der Waals surface area (Å²) in [6.45, 7) is 7.39. The standard InChI is InChI=1S/C21H24N4O2S2/c1-5-25-12-16(13(2)24-25)11-22-21(28)23-19-18(20(26)27-4)17(14(3)29-19)15-9-7-6-8-10-15/h6-10,12H,5,11H2,1-4H3,(H2,22,23,28). The Balaban J connectivity index is 1.82. The molecule has 0 atom stereocenters. The van der Waals surface area contributed by atoms with Crippen LogP contribution in [-0.4, -0.2) is 28.0 Å². The normalized spacial score (nSPS) is 10.6. The maximum atomic E-state index is 12.6. The molecule has 152 valence electrons. The van der Waals surface area contributed by atoms with Crippen molar-refractivity contribution in [1.29, 1.82) is 0 Å². The van der Waals surface area contributed by atoms with Crippen LogP contribution in [0.25, 0.3) is 11.1 Å². The summed E-state index contributed by atoms with van der Waals surface area (Å²) in [6, 6.07) is 9.81. The molecule has 3 rings (SSSR count). The molecule has 6 nitrogen and oxygen atoms in total. The topological polar surface area (TPSA) is 68.2 Å². The zero-order valence-corrected chi connectivity index (χ0v) is 18.5. The molecule has 0 aliphatic carbocycles. The monoisotopic (exact) mass is 428 g/mol. The molecule has 0 fully saturated rings. The molecule has 0 aliphatic heterocycles. The summed E-state index contributed by atoms with van der Waals surface area (Å²) < 4.78 is 6.94. The van der Waals surface area contributed by atoms with Gasteiger partial charge >= 0.3 is 5.97 Å². The summed E-state index contributed by atoms with van der Waals surface area (Å²) in [7, 11) is 1.39. The van der Waals surface area contributed by atoms with E-state index in [0.717, 1.165) is 33.8 Å². The molecule has 0 saturated carbocycles. The number of nitrogens with zero attached hydrogens (tertiary/aromatic N) is 2. The highest BCUT2D eigenvalue weighted by Gasteiger charge is 2.24. The van der Waals surface area contributed by atoms with Crippen LogP contribution in [0.3, 0.4) is 0 Å². The van der Waals surface area contributed by atoms with E-state index in [-0.39, 0.29) is 0 Å². The van der Waals surface area contributed by atoms with Gasteiger partial charge in [-0.2, -0.15) is 5.10 Å². The lowest BCUT2D eigenvalue weighted by Crippen LogP contribution is -2.28. The van der Waals surface area contributed by atoms with E-state index in [1.165, 1.54) is 18.4 Å². The third kappa shape index (κ3) is 4.65. The van der Waals surface area contributed by atoms with Crippen molar-refractivity contribution >= 4 is 39.6 Å². The van der Waals surface area contributed by atoms with Crippen molar-refractivity contribution in [3.63, 3.8) is 0 Å².